The van der Waals surface area contributed by atoms with Gasteiger partial charge in [-0.2, -0.15) is 0 Å². The van der Waals surface area contributed by atoms with E-state index in [1.165, 1.54) is 0 Å². The zero-order chi connectivity index (χ0) is 32.5. The average molecular weight is 533 g/mol. The van der Waals surface area contributed by atoms with E-state index in [4.69, 9.17) is 12.6 Å². The zero-order valence-corrected chi connectivity index (χ0v) is 24.0. The number of nitrogens with zero attached hydrogens (tertiary/aromatic N) is 1. The SMILES string of the molecule is [2H]C([2H])([2H])c1cc([Si](C)(C)C)ccc1-c1cc(-c2c(C)ccc3c2oc2cc(-c4ccccc4)ccc23)[n+](C)cc1C([2H])([2H])[2H]. The summed E-state index contributed by atoms with van der Waals surface area (Å²) in [7, 11) is -0.0269. The maximum Gasteiger partial charge on any atom is 0.216 e. The van der Waals surface area contributed by atoms with Crippen molar-refractivity contribution in [3.05, 3.63) is 108 Å². The van der Waals surface area contributed by atoms with Crippen molar-refractivity contribution < 1.29 is 17.2 Å². The van der Waals surface area contributed by atoms with E-state index in [1.807, 2.05) is 50.4 Å². The maximum atomic E-state index is 8.42. The van der Waals surface area contributed by atoms with Crippen LogP contribution < -0.4 is 9.75 Å². The molecule has 0 bridgehead atoms. The molecule has 3 heteroatoms. The van der Waals surface area contributed by atoms with E-state index in [0.717, 1.165) is 49.5 Å². The summed E-state index contributed by atoms with van der Waals surface area (Å²) in [6.45, 7) is 3.60. The van der Waals surface area contributed by atoms with Crippen molar-refractivity contribution in [3.8, 4) is 33.5 Å². The summed E-state index contributed by atoms with van der Waals surface area (Å²) in [5, 5.41) is 2.95. The van der Waals surface area contributed by atoms with Crippen LogP contribution in [0.5, 0.6) is 0 Å². The lowest BCUT2D eigenvalue weighted by molar-refractivity contribution is -0.660. The Morgan fingerprint density at radius 3 is 2.23 bits per heavy atom. The van der Waals surface area contributed by atoms with Gasteiger partial charge < -0.3 is 4.42 Å². The van der Waals surface area contributed by atoms with E-state index in [9.17, 15) is 0 Å². The van der Waals surface area contributed by atoms with E-state index in [1.54, 1.807) is 22.9 Å². The van der Waals surface area contributed by atoms with E-state index in [-0.39, 0.29) is 11.1 Å². The standard InChI is InChI=1S/C36H36NOSi/c1-23-13-16-31-30-17-14-27(26-11-9-8-10-12-26)20-34(30)38-36(31)35(23)33-21-32(25(3)22-37(33)4)29-18-15-28(19-24(29)2)39(5,6)7/h8-22H,1-7H3/q+1/i2D3,3D3. The van der Waals surface area contributed by atoms with Crippen molar-refractivity contribution in [3.63, 3.8) is 0 Å². The highest BCUT2D eigenvalue weighted by Gasteiger charge is 2.24. The maximum absolute atomic E-state index is 8.42. The fourth-order valence-electron chi connectivity index (χ4n) is 5.43. The molecule has 0 amide bonds. The molecular formula is C36H36NOSi+. The van der Waals surface area contributed by atoms with Crippen molar-refractivity contribution in [1.29, 1.82) is 0 Å². The lowest BCUT2D eigenvalue weighted by Crippen LogP contribution is -2.37. The van der Waals surface area contributed by atoms with Crippen molar-refractivity contribution in [1.82, 2.24) is 0 Å². The monoisotopic (exact) mass is 532 g/mol. The van der Waals surface area contributed by atoms with Gasteiger partial charge in [-0.15, -0.1) is 0 Å². The fourth-order valence-corrected chi connectivity index (χ4v) is 6.59. The van der Waals surface area contributed by atoms with Gasteiger partial charge in [0, 0.05) is 30.6 Å². The molecule has 0 spiro atoms. The van der Waals surface area contributed by atoms with Gasteiger partial charge in [-0.25, -0.2) is 4.57 Å². The normalized spacial score (nSPS) is 14.9. The Morgan fingerprint density at radius 1 is 0.718 bits per heavy atom. The molecule has 2 heterocycles. The van der Waals surface area contributed by atoms with Gasteiger partial charge >= 0.3 is 0 Å². The van der Waals surface area contributed by atoms with Gasteiger partial charge in [0.05, 0.1) is 13.6 Å². The average Bonchev–Trinajstić information content (AvgIpc) is 3.34. The molecule has 0 aliphatic rings. The van der Waals surface area contributed by atoms with Gasteiger partial charge in [-0.1, -0.05) is 91.6 Å². The topological polar surface area (TPSA) is 17.0 Å². The Kier molecular flexibility index (Phi) is 4.60. The van der Waals surface area contributed by atoms with Crippen LogP contribution >= 0.6 is 0 Å². The van der Waals surface area contributed by atoms with Crippen molar-refractivity contribution in [2.75, 3.05) is 0 Å². The number of furan rings is 1. The molecule has 4 aromatic carbocycles. The Bertz CT molecular complexity index is 2090. The Hall–Kier alpha value is -3.95. The second kappa shape index (κ2) is 9.35. The van der Waals surface area contributed by atoms with Crippen LogP contribution in [-0.4, -0.2) is 8.07 Å². The first kappa shape index (κ1) is 19.2. The van der Waals surface area contributed by atoms with Gasteiger partial charge in [0.2, 0.25) is 5.69 Å². The van der Waals surface area contributed by atoms with Gasteiger partial charge in [0.15, 0.2) is 6.20 Å². The minimum absolute atomic E-state index is 0.0990. The first-order chi connectivity index (χ1) is 21.0. The summed E-state index contributed by atoms with van der Waals surface area (Å²) in [5.74, 6) is 0. The molecule has 2 aromatic heterocycles. The van der Waals surface area contributed by atoms with Gasteiger partial charge in [-0.05, 0) is 66.1 Å². The van der Waals surface area contributed by atoms with E-state index in [0.29, 0.717) is 16.7 Å². The zero-order valence-electron chi connectivity index (χ0n) is 29.0. The second-order valence-corrected chi connectivity index (χ2v) is 16.5. The lowest BCUT2D eigenvalue weighted by Gasteiger charge is -2.19. The van der Waals surface area contributed by atoms with Gasteiger partial charge in [0.1, 0.15) is 18.2 Å². The molecule has 0 saturated carbocycles. The third kappa shape index (κ3) is 4.41. The van der Waals surface area contributed by atoms with Crippen LogP contribution in [0.1, 0.15) is 24.9 Å². The molecule has 39 heavy (non-hydrogen) atoms. The summed E-state index contributed by atoms with van der Waals surface area (Å²) >= 11 is 0. The van der Waals surface area contributed by atoms with Crippen LogP contribution in [-0.2, 0) is 7.05 Å². The molecule has 0 N–H and O–H groups in total. The van der Waals surface area contributed by atoms with E-state index in [2.05, 4.69) is 56.0 Å². The molecule has 0 aliphatic heterocycles. The van der Waals surface area contributed by atoms with Crippen LogP contribution in [0.15, 0.2) is 95.5 Å². The molecule has 0 atom stereocenters. The van der Waals surface area contributed by atoms with Crippen molar-refractivity contribution in [2.45, 2.75) is 40.3 Å². The molecule has 6 aromatic rings. The summed E-state index contributed by atoms with van der Waals surface area (Å²) in [5.41, 5.74) is 7.18. The molecule has 0 saturated heterocycles. The Balaban J connectivity index is 1.63. The van der Waals surface area contributed by atoms with Crippen molar-refractivity contribution >= 4 is 35.2 Å². The number of hydrogen-bond donors (Lipinski definition) is 0. The van der Waals surface area contributed by atoms with Crippen LogP contribution in [0.4, 0.5) is 0 Å². The first-order valence-corrected chi connectivity index (χ1v) is 16.8. The van der Waals surface area contributed by atoms with Gasteiger partial charge in [-0.3, -0.25) is 0 Å². The summed E-state index contributed by atoms with van der Waals surface area (Å²) in [4.78, 5) is 0. The molecule has 0 fully saturated rings. The molecule has 0 aliphatic carbocycles. The molecule has 6 rings (SSSR count). The van der Waals surface area contributed by atoms with Crippen LogP contribution in [0.2, 0.25) is 19.6 Å². The Morgan fingerprint density at radius 2 is 1.49 bits per heavy atom. The Labute approximate surface area is 241 Å². The van der Waals surface area contributed by atoms with Crippen molar-refractivity contribution in [2.24, 2.45) is 7.05 Å². The lowest BCUT2D eigenvalue weighted by atomic mass is 9.94. The largest absolute Gasteiger partial charge is 0.455 e. The summed E-state index contributed by atoms with van der Waals surface area (Å²) in [6, 6.07) is 27.8. The smallest absolute Gasteiger partial charge is 0.216 e. The second-order valence-electron chi connectivity index (χ2n) is 11.4. The van der Waals surface area contributed by atoms with Crippen LogP contribution in [0.3, 0.4) is 0 Å². The quantitative estimate of drug-likeness (QED) is 0.164. The first-order valence-electron chi connectivity index (χ1n) is 16.3. The predicted octanol–water partition coefficient (Wildman–Crippen LogP) is 8.88. The third-order valence-electron chi connectivity index (χ3n) is 7.66. The van der Waals surface area contributed by atoms with Crippen LogP contribution in [0.25, 0.3) is 55.4 Å². The van der Waals surface area contributed by atoms with E-state index < -0.39 is 21.8 Å². The van der Waals surface area contributed by atoms with Gasteiger partial charge in [0.25, 0.3) is 0 Å². The summed E-state index contributed by atoms with van der Waals surface area (Å²) in [6.07, 6.45) is 1.61. The number of aromatic nitrogens is 1. The highest BCUT2D eigenvalue weighted by molar-refractivity contribution is 6.88. The molecule has 194 valence electrons. The molecule has 2 nitrogen and oxygen atoms in total. The summed E-state index contributed by atoms with van der Waals surface area (Å²) < 4.78 is 58.9. The molecule has 0 unspecified atom stereocenters. The minimum Gasteiger partial charge on any atom is -0.455 e. The highest BCUT2D eigenvalue weighted by Crippen LogP contribution is 2.39. The number of benzene rings is 4. The highest BCUT2D eigenvalue weighted by atomic mass is 28.3. The van der Waals surface area contributed by atoms with E-state index >= 15 is 0 Å². The molecule has 0 radical (unpaired) electrons. The molecular weight excluding hydrogens is 490 g/mol. The number of fused-ring (bicyclic) bond motifs is 3. The fraction of sp³-hybridized carbons (Fsp3) is 0.194. The number of hydrogen-bond acceptors (Lipinski definition) is 1. The third-order valence-corrected chi connectivity index (χ3v) is 9.71. The number of pyridine rings is 1. The predicted molar refractivity (Wildman–Crippen MR) is 168 cm³/mol. The number of aryl methyl sites for hydroxylation is 4. The number of rotatable bonds is 4. The van der Waals surface area contributed by atoms with Crippen LogP contribution in [0, 0.1) is 20.6 Å². The minimum atomic E-state index is -2.47.